The van der Waals surface area contributed by atoms with E-state index in [1.54, 1.807) is 0 Å². The second-order valence-corrected chi connectivity index (χ2v) is 5.82. The molecule has 3 nitrogen and oxygen atoms in total. The maximum atomic E-state index is 14.2. The summed E-state index contributed by atoms with van der Waals surface area (Å²) in [4.78, 5) is 10.1. The number of nitrogens with one attached hydrogen (secondary N) is 1. The molecule has 0 saturated heterocycles. The lowest BCUT2D eigenvalue weighted by Gasteiger charge is -2.22. The lowest BCUT2D eigenvalue weighted by molar-refractivity contribution is 0.413. The Balaban J connectivity index is 2.01. The number of aryl methyl sites for hydroxylation is 2. The van der Waals surface area contributed by atoms with Gasteiger partial charge in [0.1, 0.15) is 6.17 Å². The number of aromatic amines is 1. The number of para-hydroxylation sites is 1. The van der Waals surface area contributed by atoms with Gasteiger partial charge in [0.2, 0.25) is 5.95 Å². The van der Waals surface area contributed by atoms with Crippen LogP contribution in [0, 0.1) is 13.8 Å². The predicted octanol–water partition coefficient (Wildman–Crippen LogP) is 4.87. The van der Waals surface area contributed by atoms with Crippen molar-refractivity contribution >= 4 is 17.2 Å². The van der Waals surface area contributed by atoms with Gasteiger partial charge in [0.05, 0.1) is 5.69 Å². The van der Waals surface area contributed by atoms with Crippen LogP contribution in [0.1, 0.15) is 30.3 Å². The van der Waals surface area contributed by atoms with Crippen molar-refractivity contribution in [2.75, 3.05) is 11.4 Å². The number of rotatable bonds is 4. The molecule has 0 bridgehead atoms. The fraction of sp³-hybridized carbons (Fsp3) is 0.316. The van der Waals surface area contributed by atoms with Gasteiger partial charge in [-0.15, -0.1) is 0 Å². The summed E-state index contributed by atoms with van der Waals surface area (Å²) in [5.74, 6) is 0.761. The Morgan fingerprint density at radius 2 is 2.09 bits per heavy atom. The molecule has 2 aromatic rings. The summed E-state index contributed by atoms with van der Waals surface area (Å²) in [6.07, 6.45) is 5.01. The first kappa shape index (κ1) is 15.5. The third-order valence-corrected chi connectivity index (χ3v) is 4.22. The van der Waals surface area contributed by atoms with Crippen molar-refractivity contribution in [1.29, 1.82) is 0 Å². The molecule has 1 heterocycles. The van der Waals surface area contributed by atoms with Gasteiger partial charge in [-0.25, -0.2) is 9.37 Å². The molecular formula is C19H22FN3. The van der Waals surface area contributed by atoms with Crippen LogP contribution in [0.25, 0.3) is 5.57 Å². The fourth-order valence-electron chi connectivity index (χ4n) is 2.98. The van der Waals surface area contributed by atoms with Gasteiger partial charge in [-0.05, 0) is 32.4 Å². The van der Waals surface area contributed by atoms with E-state index in [4.69, 9.17) is 4.98 Å². The molecular weight excluding hydrogens is 289 g/mol. The van der Waals surface area contributed by atoms with Crippen LogP contribution in [0.2, 0.25) is 0 Å². The summed E-state index contributed by atoms with van der Waals surface area (Å²) in [6, 6.07) is 8.21. The number of anilines is 2. The molecule has 1 aromatic carbocycles. The van der Waals surface area contributed by atoms with Crippen molar-refractivity contribution in [3.8, 4) is 0 Å². The van der Waals surface area contributed by atoms with Gasteiger partial charge in [0, 0.05) is 29.9 Å². The van der Waals surface area contributed by atoms with Crippen molar-refractivity contribution in [3.63, 3.8) is 0 Å². The standard InChI is InChI=1S/C19H22FN3/c1-4-23(17-12-8-5-9-13(17)2)19-21-14(3)18(22-19)15-10-6-7-11-16(15)20/h5-10,12,16H,4,11H2,1-3H3,(H,21,22). The topological polar surface area (TPSA) is 31.9 Å². The Labute approximate surface area is 136 Å². The molecule has 1 aliphatic carbocycles. The second kappa shape index (κ2) is 6.41. The SMILES string of the molecule is CCN(c1nc(C2=CC=CCC2F)c(C)[nH]1)c1ccccc1C. The molecule has 1 aliphatic rings. The fourth-order valence-corrected chi connectivity index (χ4v) is 2.98. The molecule has 1 N–H and O–H groups in total. The summed E-state index contributed by atoms with van der Waals surface area (Å²) in [6.45, 7) is 6.91. The number of allylic oxidation sites excluding steroid dienone is 4. The highest BCUT2D eigenvalue weighted by Crippen LogP contribution is 2.32. The quantitative estimate of drug-likeness (QED) is 0.874. The minimum atomic E-state index is -0.983. The number of alkyl halides is 1. The van der Waals surface area contributed by atoms with E-state index >= 15 is 0 Å². The third-order valence-electron chi connectivity index (χ3n) is 4.22. The normalized spacial score (nSPS) is 17.2. The number of imidazole rings is 1. The highest BCUT2D eigenvalue weighted by atomic mass is 19.1. The zero-order chi connectivity index (χ0) is 16.4. The van der Waals surface area contributed by atoms with Crippen LogP contribution in [0.15, 0.2) is 42.5 Å². The van der Waals surface area contributed by atoms with Crippen molar-refractivity contribution < 1.29 is 4.39 Å². The Hall–Kier alpha value is -2.36. The Morgan fingerprint density at radius 1 is 1.30 bits per heavy atom. The molecule has 0 radical (unpaired) electrons. The van der Waals surface area contributed by atoms with Crippen molar-refractivity contribution in [2.45, 2.75) is 33.4 Å². The van der Waals surface area contributed by atoms with Crippen LogP contribution in [0.3, 0.4) is 0 Å². The number of aromatic nitrogens is 2. The summed E-state index contributed by atoms with van der Waals surface area (Å²) in [7, 11) is 0. The predicted molar refractivity (Wildman–Crippen MR) is 93.8 cm³/mol. The molecule has 1 unspecified atom stereocenters. The molecule has 0 spiro atoms. The van der Waals surface area contributed by atoms with E-state index in [0.717, 1.165) is 29.6 Å². The molecule has 4 heteroatoms. The van der Waals surface area contributed by atoms with E-state index in [2.05, 4.69) is 35.9 Å². The van der Waals surface area contributed by atoms with Gasteiger partial charge in [-0.2, -0.15) is 0 Å². The lowest BCUT2D eigenvalue weighted by Crippen LogP contribution is -2.18. The Morgan fingerprint density at radius 3 is 2.78 bits per heavy atom. The molecule has 1 aromatic heterocycles. The summed E-state index contributed by atoms with van der Waals surface area (Å²) in [5, 5.41) is 0. The molecule has 0 fully saturated rings. The van der Waals surface area contributed by atoms with E-state index in [1.807, 2.05) is 37.3 Å². The molecule has 0 aliphatic heterocycles. The molecule has 1 atom stereocenters. The zero-order valence-corrected chi connectivity index (χ0v) is 13.8. The minimum absolute atomic E-state index is 0.419. The van der Waals surface area contributed by atoms with E-state index < -0.39 is 6.17 Å². The monoisotopic (exact) mass is 311 g/mol. The highest BCUT2D eigenvalue weighted by molar-refractivity contribution is 5.73. The van der Waals surface area contributed by atoms with Gasteiger partial charge in [-0.3, -0.25) is 0 Å². The van der Waals surface area contributed by atoms with Crippen LogP contribution in [-0.2, 0) is 0 Å². The smallest absolute Gasteiger partial charge is 0.208 e. The first-order valence-electron chi connectivity index (χ1n) is 8.02. The number of benzene rings is 1. The van der Waals surface area contributed by atoms with Gasteiger partial charge < -0.3 is 9.88 Å². The number of halogens is 1. The summed E-state index contributed by atoms with van der Waals surface area (Å²) < 4.78 is 14.2. The first-order valence-corrected chi connectivity index (χ1v) is 8.02. The van der Waals surface area contributed by atoms with Crippen molar-refractivity contribution in [1.82, 2.24) is 9.97 Å². The van der Waals surface area contributed by atoms with Crippen LogP contribution in [0.4, 0.5) is 16.0 Å². The van der Waals surface area contributed by atoms with Gasteiger partial charge >= 0.3 is 0 Å². The number of nitrogens with zero attached hydrogens (tertiary/aromatic N) is 2. The molecule has 3 rings (SSSR count). The first-order chi connectivity index (χ1) is 11.1. The molecule has 0 amide bonds. The van der Waals surface area contributed by atoms with Crippen LogP contribution in [-0.4, -0.2) is 22.7 Å². The number of H-pyrrole nitrogens is 1. The van der Waals surface area contributed by atoms with Crippen LogP contribution in [0.5, 0.6) is 0 Å². The third kappa shape index (κ3) is 2.93. The summed E-state index contributed by atoms with van der Waals surface area (Å²) >= 11 is 0. The summed E-state index contributed by atoms with van der Waals surface area (Å²) in [5.41, 5.74) is 4.59. The highest BCUT2D eigenvalue weighted by Gasteiger charge is 2.22. The number of hydrogen-bond acceptors (Lipinski definition) is 2. The maximum absolute atomic E-state index is 14.2. The molecule has 120 valence electrons. The van der Waals surface area contributed by atoms with Gasteiger partial charge in [0.25, 0.3) is 0 Å². The average molecular weight is 311 g/mol. The van der Waals surface area contributed by atoms with Crippen molar-refractivity contribution in [3.05, 3.63) is 59.4 Å². The Kier molecular flexibility index (Phi) is 4.33. The Bertz CT molecular complexity index is 758. The van der Waals surface area contributed by atoms with E-state index in [0.29, 0.717) is 12.0 Å². The second-order valence-electron chi connectivity index (χ2n) is 5.82. The average Bonchev–Trinajstić information content (AvgIpc) is 2.92. The van der Waals surface area contributed by atoms with Gasteiger partial charge in [0.15, 0.2) is 0 Å². The van der Waals surface area contributed by atoms with Gasteiger partial charge in [-0.1, -0.05) is 36.4 Å². The molecule has 23 heavy (non-hydrogen) atoms. The van der Waals surface area contributed by atoms with E-state index in [-0.39, 0.29) is 0 Å². The zero-order valence-electron chi connectivity index (χ0n) is 13.8. The van der Waals surface area contributed by atoms with Crippen molar-refractivity contribution in [2.24, 2.45) is 0 Å². The largest absolute Gasteiger partial charge is 0.327 e. The van der Waals surface area contributed by atoms with Crippen LogP contribution < -0.4 is 4.90 Å². The van der Waals surface area contributed by atoms with E-state index in [1.165, 1.54) is 5.56 Å². The van der Waals surface area contributed by atoms with Crippen LogP contribution >= 0.6 is 0 Å². The number of hydrogen-bond donors (Lipinski definition) is 1. The minimum Gasteiger partial charge on any atom is -0.327 e. The van der Waals surface area contributed by atoms with E-state index in [9.17, 15) is 4.39 Å². The lowest BCUT2D eigenvalue weighted by atomic mass is 9.99. The maximum Gasteiger partial charge on any atom is 0.208 e. The molecule has 0 saturated carbocycles.